The third kappa shape index (κ3) is 7.84. The van der Waals surface area contributed by atoms with E-state index in [9.17, 15) is 18.0 Å². The first-order chi connectivity index (χ1) is 7.42. The molecule has 0 saturated heterocycles. The first-order valence-electron chi connectivity index (χ1n) is 5.34. The highest BCUT2D eigenvalue weighted by atomic mass is 19.4. The molecule has 0 aromatic rings. The maximum absolute atomic E-state index is 12.0. The van der Waals surface area contributed by atoms with Crippen molar-refractivity contribution in [1.29, 1.82) is 0 Å². The first-order valence-corrected chi connectivity index (χ1v) is 5.34. The second-order valence-electron chi connectivity index (χ2n) is 5.10. The van der Waals surface area contributed by atoms with Crippen LogP contribution in [0.5, 0.6) is 0 Å². The number of nitrogens with one attached hydrogen (secondary N) is 2. The molecule has 0 saturated carbocycles. The van der Waals surface area contributed by atoms with Crippen LogP contribution in [0.4, 0.5) is 18.0 Å². The number of halogens is 3. The van der Waals surface area contributed by atoms with Crippen LogP contribution in [0.2, 0.25) is 0 Å². The minimum absolute atomic E-state index is 0.248. The summed E-state index contributed by atoms with van der Waals surface area (Å²) in [4.78, 5) is 11.6. The molecule has 0 aliphatic rings. The molecule has 0 bridgehead atoms. The number of carbonyl (C=O) groups is 1. The molecule has 7 heteroatoms. The van der Waals surface area contributed by atoms with Gasteiger partial charge >= 0.3 is 12.2 Å². The predicted octanol–water partition coefficient (Wildman–Crippen LogP) is 2.27. The number of amides is 2. The molecule has 2 amide bonds. The van der Waals surface area contributed by atoms with Crippen LogP contribution in [0, 0.1) is 0 Å². The van der Waals surface area contributed by atoms with Gasteiger partial charge < -0.3 is 5.32 Å². The average molecular weight is 255 g/mol. The van der Waals surface area contributed by atoms with Gasteiger partial charge in [-0.15, -0.1) is 0 Å². The number of urea groups is 1. The number of nitrogens with zero attached hydrogens (tertiary/aromatic N) is 1. The summed E-state index contributed by atoms with van der Waals surface area (Å²) in [5.74, 6) is 0. The molecule has 0 aliphatic heterocycles. The lowest BCUT2D eigenvalue weighted by Gasteiger charge is -2.34. The smallest absolute Gasteiger partial charge is 0.328 e. The molecule has 102 valence electrons. The molecule has 2 N–H and O–H groups in total. The zero-order chi connectivity index (χ0) is 13.9. The van der Waals surface area contributed by atoms with E-state index in [1.807, 2.05) is 26.1 Å². The SMILES string of the molecule is CC(C)N(NC(C)(C)C)C(=O)NCC(F)(F)F. The molecule has 0 unspecified atom stereocenters. The lowest BCUT2D eigenvalue weighted by molar-refractivity contribution is -0.123. The molecule has 0 atom stereocenters. The quantitative estimate of drug-likeness (QED) is 0.760. The highest BCUT2D eigenvalue weighted by Gasteiger charge is 2.30. The van der Waals surface area contributed by atoms with Gasteiger partial charge in [0.25, 0.3) is 0 Å². The van der Waals surface area contributed by atoms with E-state index in [4.69, 9.17) is 0 Å². The number of carbonyl (C=O) groups excluding carboxylic acids is 1. The van der Waals surface area contributed by atoms with Gasteiger partial charge in [0.15, 0.2) is 0 Å². The highest BCUT2D eigenvalue weighted by Crippen LogP contribution is 2.12. The second kappa shape index (κ2) is 5.57. The van der Waals surface area contributed by atoms with Gasteiger partial charge in [-0.25, -0.2) is 10.2 Å². The van der Waals surface area contributed by atoms with E-state index in [0.29, 0.717) is 0 Å². The summed E-state index contributed by atoms with van der Waals surface area (Å²) in [6.07, 6.45) is -4.40. The summed E-state index contributed by atoms with van der Waals surface area (Å²) in [7, 11) is 0. The van der Waals surface area contributed by atoms with Gasteiger partial charge in [-0.05, 0) is 34.6 Å². The molecule has 0 radical (unpaired) electrons. The third-order valence-corrected chi connectivity index (χ3v) is 1.63. The lowest BCUT2D eigenvalue weighted by Crippen LogP contribution is -2.58. The summed E-state index contributed by atoms with van der Waals surface area (Å²) in [5, 5.41) is 2.98. The fraction of sp³-hybridized carbons (Fsp3) is 0.900. The van der Waals surface area contributed by atoms with Gasteiger partial charge in [0, 0.05) is 11.6 Å². The lowest BCUT2D eigenvalue weighted by atomic mass is 10.1. The zero-order valence-corrected chi connectivity index (χ0v) is 10.8. The Morgan fingerprint density at radius 2 is 1.71 bits per heavy atom. The van der Waals surface area contributed by atoms with Gasteiger partial charge in [-0.2, -0.15) is 13.2 Å². The normalized spacial score (nSPS) is 12.8. The summed E-state index contributed by atoms with van der Waals surface area (Å²) in [5.41, 5.74) is 2.44. The zero-order valence-electron chi connectivity index (χ0n) is 10.8. The standard InChI is InChI=1S/C10H20F3N3O/c1-7(2)16(15-9(3,4)5)8(17)14-6-10(11,12)13/h7,15H,6H2,1-5H3,(H,14,17). The van der Waals surface area contributed by atoms with Crippen molar-refractivity contribution in [3.8, 4) is 0 Å². The van der Waals surface area contributed by atoms with Crippen LogP contribution in [0.15, 0.2) is 0 Å². The van der Waals surface area contributed by atoms with Crippen molar-refractivity contribution in [2.75, 3.05) is 6.54 Å². The van der Waals surface area contributed by atoms with E-state index in [-0.39, 0.29) is 6.04 Å². The predicted molar refractivity (Wildman–Crippen MR) is 59.3 cm³/mol. The third-order valence-electron chi connectivity index (χ3n) is 1.63. The van der Waals surface area contributed by atoms with Crippen molar-refractivity contribution in [3.05, 3.63) is 0 Å². The van der Waals surface area contributed by atoms with E-state index in [2.05, 4.69) is 5.43 Å². The number of hydrogen-bond donors (Lipinski definition) is 2. The molecule has 0 aromatic heterocycles. The topological polar surface area (TPSA) is 44.4 Å². The van der Waals surface area contributed by atoms with Crippen LogP contribution in [0.1, 0.15) is 34.6 Å². The van der Waals surface area contributed by atoms with Crippen molar-refractivity contribution in [2.45, 2.75) is 52.4 Å². The van der Waals surface area contributed by atoms with Crippen LogP contribution < -0.4 is 10.7 Å². The molecule has 0 rings (SSSR count). The highest BCUT2D eigenvalue weighted by molar-refractivity contribution is 5.74. The largest absolute Gasteiger partial charge is 0.405 e. The minimum atomic E-state index is -4.40. The van der Waals surface area contributed by atoms with Gasteiger partial charge in [-0.1, -0.05) is 0 Å². The molecule has 17 heavy (non-hydrogen) atoms. The van der Waals surface area contributed by atoms with Crippen LogP contribution in [-0.2, 0) is 0 Å². The Labute approximate surface area is 99.5 Å². The van der Waals surface area contributed by atoms with Crippen molar-refractivity contribution in [2.24, 2.45) is 0 Å². The molecule has 0 spiro atoms. The van der Waals surface area contributed by atoms with Gasteiger partial charge in [0.05, 0.1) is 0 Å². The van der Waals surface area contributed by atoms with Gasteiger partial charge in [0.2, 0.25) is 0 Å². The van der Waals surface area contributed by atoms with E-state index >= 15 is 0 Å². The van der Waals surface area contributed by atoms with Crippen LogP contribution in [0.25, 0.3) is 0 Å². The molecule has 0 aliphatic carbocycles. The fourth-order valence-electron chi connectivity index (χ4n) is 1.04. The molecule has 0 fully saturated rings. The maximum atomic E-state index is 12.0. The van der Waals surface area contributed by atoms with E-state index in [0.717, 1.165) is 5.01 Å². The first kappa shape index (κ1) is 16.0. The molecule has 4 nitrogen and oxygen atoms in total. The second-order valence-corrected chi connectivity index (χ2v) is 5.10. The Bertz CT molecular complexity index is 259. The van der Waals surface area contributed by atoms with E-state index < -0.39 is 24.3 Å². The Hall–Kier alpha value is -0.980. The van der Waals surface area contributed by atoms with Crippen LogP contribution in [0.3, 0.4) is 0 Å². The Kier molecular flexibility index (Phi) is 5.25. The summed E-state index contributed by atoms with van der Waals surface area (Å²) in [6.45, 7) is 7.55. The van der Waals surface area contributed by atoms with Crippen molar-refractivity contribution in [3.63, 3.8) is 0 Å². The summed E-state index contributed by atoms with van der Waals surface area (Å²) >= 11 is 0. The van der Waals surface area contributed by atoms with Gasteiger partial charge in [-0.3, -0.25) is 5.01 Å². The molecular formula is C10H20F3N3O. The van der Waals surface area contributed by atoms with Crippen molar-refractivity contribution >= 4 is 6.03 Å². The Morgan fingerprint density at radius 1 is 1.24 bits per heavy atom. The van der Waals surface area contributed by atoms with Crippen molar-refractivity contribution in [1.82, 2.24) is 15.8 Å². The Morgan fingerprint density at radius 3 is 2.00 bits per heavy atom. The Balaban J connectivity index is 4.47. The van der Waals surface area contributed by atoms with E-state index in [1.54, 1.807) is 13.8 Å². The average Bonchev–Trinajstić information content (AvgIpc) is 2.07. The number of hydrazine groups is 1. The van der Waals surface area contributed by atoms with Crippen LogP contribution in [-0.4, -0.2) is 35.3 Å². The molecular weight excluding hydrogens is 235 g/mol. The molecule has 0 aromatic carbocycles. The van der Waals surface area contributed by atoms with E-state index in [1.165, 1.54) is 0 Å². The number of hydrogen-bond acceptors (Lipinski definition) is 2. The van der Waals surface area contributed by atoms with Gasteiger partial charge in [0.1, 0.15) is 6.54 Å². The van der Waals surface area contributed by atoms with Crippen LogP contribution >= 0.6 is 0 Å². The molecule has 0 heterocycles. The summed E-state index contributed by atoms with van der Waals surface area (Å²) < 4.78 is 35.9. The fourth-order valence-corrected chi connectivity index (χ4v) is 1.04. The number of rotatable bonds is 3. The summed E-state index contributed by atoms with van der Waals surface area (Å²) in [6, 6.07) is -1.03. The minimum Gasteiger partial charge on any atom is -0.328 e. The maximum Gasteiger partial charge on any atom is 0.405 e. The van der Waals surface area contributed by atoms with Crippen molar-refractivity contribution < 1.29 is 18.0 Å². The monoisotopic (exact) mass is 255 g/mol. The number of alkyl halides is 3.